The van der Waals surface area contributed by atoms with E-state index < -0.39 is 5.54 Å². The first-order chi connectivity index (χ1) is 10.2. The molecule has 0 aromatic carbocycles. The highest BCUT2D eigenvalue weighted by molar-refractivity contribution is 5.80. The molecule has 1 aromatic heterocycles. The summed E-state index contributed by atoms with van der Waals surface area (Å²) in [5.41, 5.74) is 2.39. The molecule has 2 unspecified atom stereocenters. The predicted octanol–water partition coefficient (Wildman–Crippen LogP) is 2.26. The van der Waals surface area contributed by atoms with Gasteiger partial charge in [-0.2, -0.15) is 5.10 Å². The molecule has 1 heterocycles. The molecule has 1 amide bonds. The molecule has 0 spiro atoms. The number of nitrogens with one attached hydrogen (secondary N) is 2. The highest BCUT2D eigenvalue weighted by Crippen LogP contribution is 2.43. The second-order valence-electron chi connectivity index (χ2n) is 7.93. The molecule has 1 aliphatic rings. The standard InChI is InChI=1S/C17H29N3O2/c1-11-7-16(4,5)9-17(8-11,10-21)18-15(22)6-14-12(2)19-20-13(14)3/h11,21H,6-10H2,1-5H3,(H,18,22)(H,19,20). The van der Waals surface area contributed by atoms with Crippen molar-refractivity contribution >= 4 is 5.91 Å². The molecule has 0 aliphatic heterocycles. The lowest BCUT2D eigenvalue weighted by molar-refractivity contribution is -0.124. The summed E-state index contributed by atoms with van der Waals surface area (Å²) in [7, 11) is 0. The molecular weight excluding hydrogens is 278 g/mol. The number of carbonyl (C=O) groups excluding carboxylic acids is 1. The van der Waals surface area contributed by atoms with Gasteiger partial charge in [0.05, 0.1) is 24.3 Å². The summed E-state index contributed by atoms with van der Waals surface area (Å²) in [4.78, 5) is 12.5. The molecule has 1 aliphatic carbocycles. The molecule has 5 heteroatoms. The zero-order chi connectivity index (χ0) is 16.5. The van der Waals surface area contributed by atoms with Crippen molar-refractivity contribution in [3.63, 3.8) is 0 Å². The van der Waals surface area contributed by atoms with Gasteiger partial charge in [-0.05, 0) is 44.4 Å². The summed E-state index contributed by atoms with van der Waals surface area (Å²) in [5, 5.41) is 20.1. The minimum absolute atomic E-state index is 0.00411. The molecule has 124 valence electrons. The van der Waals surface area contributed by atoms with E-state index in [2.05, 4.69) is 36.3 Å². The summed E-state index contributed by atoms with van der Waals surface area (Å²) in [6.07, 6.45) is 3.09. The summed E-state index contributed by atoms with van der Waals surface area (Å²) < 4.78 is 0. The Hall–Kier alpha value is -1.36. The van der Waals surface area contributed by atoms with Crippen molar-refractivity contribution in [2.24, 2.45) is 11.3 Å². The van der Waals surface area contributed by atoms with Gasteiger partial charge in [-0.15, -0.1) is 0 Å². The van der Waals surface area contributed by atoms with Crippen molar-refractivity contribution in [1.82, 2.24) is 15.5 Å². The molecule has 1 aromatic rings. The molecule has 1 fully saturated rings. The Kier molecular flexibility index (Phi) is 4.66. The van der Waals surface area contributed by atoms with Gasteiger partial charge in [0.1, 0.15) is 0 Å². The van der Waals surface area contributed by atoms with Crippen LogP contribution >= 0.6 is 0 Å². The number of hydrogen-bond donors (Lipinski definition) is 3. The second kappa shape index (κ2) is 6.03. The second-order valence-corrected chi connectivity index (χ2v) is 7.93. The Morgan fingerprint density at radius 1 is 1.41 bits per heavy atom. The fourth-order valence-corrected chi connectivity index (χ4v) is 4.33. The number of carbonyl (C=O) groups is 1. The maximum Gasteiger partial charge on any atom is 0.225 e. The smallest absolute Gasteiger partial charge is 0.225 e. The number of nitrogens with zero attached hydrogens (tertiary/aromatic N) is 1. The van der Waals surface area contributed by atoms with Crippen LogP contribution in [0, 0.1) is 25.2 Å². The summed E-state index contributed by atoms with van der Waals surface area (Å²) >= 11 is 0. The summed E-state index contributed by atoms with van der Waals surface area (Å²) in [5.74, 6) is 0.458. The van der Waals surface area contributed by atoms with Gasteiger partial charge in [0.2, 0.25) is 5.91 Å². The lowest BCUT2D eigenvalue weighted by Crippen LogP contribution is -2.57. The number of aromatic amines is 1. The van der Waals surface area contributed by atoms with Gasteiger partial charge in [0.15, 0.2) is 0 Å². The van der Waals surface area contributed by atoms with E-state index in [4.69, 9.17) is 0 Å². The maximum absolute atomic E-state index is 12.5. The van der Waals surface area contributed by atoms with E-state index in [0.717, 1.165) is 36.2 Å². The summed E-state index contributed by atoms with van der Waals surface area (Å²) in [6, 6.07) is 0. The van der Waals surface area contributed by atoms with Crippen molar-refractivity contribution in [3.05, 3.63) is 17.0 Å². The van der Waals surface area contributed by atoms with Gasteiger partial charge in [0, 0.05) is 11.3 Å². The fraction of sp³-hybridized carbons (Fsp3) is 0.765. The normalized spacial score (nSPS) is 27.6. The Morgan fingerprint density at radius 3 is 2.59 bits per heavy atom. The highest BCUT2D eigenvalue weighted by Gasteiger charge is 2.43. The fourth-order valence-electron chi connectivity index (χ4n) is 4.33. The molecule has 0 saturated heterocycles. The average molecular weight is 307 g/mol. The molecular formula is C17H29N3O2. The Morgan fingerprint density at radius 2 is 2.09 bits per heavy atom. The third-order valence-corrected chi connectivity index (χ3v) is 4.78. The van der Waals surface area contributed by atoms with Gasteiger partial charge >= 0.3 is 0 Å². The van der Waals surface area contributed by atoms with Crippen LogP contribution in [0.15, 0.2) is 0 Å². The largest absolute Gasteiger partial charge is 0.394 e. The Labute approximate surface area is 132 Å². The number of aromatic nitrogens is 2. The lowest BCUT2D eigenvalue weighted by Gasteiger charge is -2.47. The van der Waals surface area contributed by atoms with Crippen molar-refractivity contribution < 1.29 is 9.90 Å². The molecule has 1 saturated carbocycles. The molecule has 3 N–H and O–H groups in total. The monoisotopic (exact) mass is 307 g/mol. The van der Waals surface area contributed by atoms with Gasteiger partial charge in [-0.1, -0.05) is 20.8 Å². The minimum atomic E-state index is -0.496. The minimum Gasteiger partial charge on any atom is -0.394 e. The van der Waals surface area contributed by atoms with Crippen molar-refractivity contribution in [3.8, 4) is 0 Å². The SMILES string of the molecule is Cc1n[nH]c(C)c1CC(=O)NC1(CO)CC(C)CC(C)(C)C1. The van der Waals surface area contributed by atoms with Gasteiger partial charge in [-0.3, -0.25) is 9.89 Å². The van der Waals surface area contributed by atoms with Crippen LogP contribution in [-0.4, -0.2) is 33.4 Å². The van der Waals surface area contributed by atoms with E-state index in [9.17, 15) is 9.90 Å². The number of hydrogen-bond acceptors (Lipinski definition) is 3. The highest BCUT2D eigenvalue weighted by atomic mass is 16.3. The third kappa shape index (κ3) is 3.69. The summed E-state index contributed by atoms with van der Waals surface area (Å²) in [6.45, 7) is 10.4. The number of rotatable bonds is 4. The first kappa shape index (κ1) is 17.0. The van der Waals surface area contributed by atoms with E-state index in [1.54, 1.807) is 0 Å². The number of aliphatic hydroxyl groups excluding tert-OH is 1. The van der Waals surface area contributed by atoms with Crippen LogP contribution in [0.5, 0.6) is 0 Å². The Balaban J connectivity index is 2.11. The van der Waals surface area contributed by atoms with Crippen LogP contribution in [0.4, 0.5) is 0 Å². The van der Waals surface area contributed by atoms with Crippen LogP contribution in [0.1, 0.15) is 57.0 Å². The molecule has 0 radical (unpaired) electrons. The first-order valence-corrected chi connectivity index (χ1v) is 8.09. The number of H-pyrrole nitrogens is 1. The average Bonchev–Trinajstić information content (AvgIpc) is 2.68. The molecule has 5 nitrogen and oxygen atoms in total. The van der Waals surface area contributed by atoms with E-state index in [1.165, 1.54) is 0 Å². The van der Waals surface area contributed by atoms with E-state index in [1.807, 2.05) is 13.8 Å². The van der Waals surface area contributed by atoms with Crippen molar-refractivity contribution in [2.75, 3.05) is 6.61 Å². The van der Waals surface area contributed by atoms with Crippen LogP contribution in [0.25, 0.3) is 0 Å². The van der Waals surface area contributed by atoms with Gasteiger partial charge in [0.25, 0.3) is 0 Å². The van der Waals surface area contributed by atoms with Crippen molar-refractivity contribution in [2.45, 2.75) is 65.8 Å². The van der Waals surface area contributed by atoms with E-state index >= 15 is 0 Å². The van der Waals surface area contributed by atoms with Crippen molar-refractivity contribution in [1.29, 1.82) is 0 Å². The van der Waals surface area contributed by atoms with E-state index in [-0.39, 0.29) is 17.9 Å². The van der Waals surface area contributed by atoms with Crippen LogP contribution in [-0.2, 0) is 11.2 Å². The van der Waals surface area contributed by atoms with E-state index in [0.29, 0.717) is 12.3 Å². The number of aliphatic hydroxyl groups is 1. The van der Waals surface area contributed by atoms with Crippen LogP contribution in [0.2, 0.25) is 0 Å². The quantitative estimate of drug-likeness (QED) is 0.798. The molecule has 2 atom stereocenters. The predicted molar refractivity (Wildman–Crippen MR) is 86.5 cm³/mol. The number of aryl methyl sites for hydroxylation is 2. The van der Waals surface area contributed by atoms with Crippen LogP contribution < -0.4 is 5.32 Å². The topological polar surface area (TPSA) is 78.0 Å². The maximum atomic E-state index is 12.5. The van der Waals surface area contributed by atoms with Crippen LogP contribution in [0.3, 0.4) is 0 Å². The molecule has 0 bridgehead atoms. The zero-order valence-corrected chi connectivity index (χ0v) is 14.4. The Bertz CT molecular complexity index is 531. The molecule has 2 rings (SSSR count). The third-order valence-electron chi connectivity index (χ3n) is 4.78. The van der Waals surface area contributed by atoms with Gasteiger partial charge < -0.3 is 10.4 Å². The zero-order valence-electron chi connectivity index (χ0n) is 14.4. The first-order valence-electron chi connectivity index (χ1n) is 8.09. The number of amides is 1. The molecule has 22 heavy (non-hydrogen) atoms. The van der Waals surface area contributed by atoms with Gasteiger partial charge in [-0.25, -0.2) is 0 Å². The lowest BCUT2D eigenvalue weighted by atomic mass is 9.64.